The number of aryl methyl sites for hydroxylation is 3. The zero-order valence-electron chi connectivity index (χ0n) is 21.3. The van der Waals surface area contributed by atoms with E-state index < -0.39 is 5.41 Å². The standard InChI is InChI=1S/C27H36N2O4S2/c1-6-32-24(30)22-19-10-7-8-11-21(19)35-23(22)28-26(34)29-25(31)27(4,5)14-9-15-33-20-16-17(2)12-13-18(20)3/h12-13,16H,6-11,14-15H2,1-5H3,(H2,28,29,31,34). The summed E-state index contributed by atoms with van der Waals surface area (Å²) in [4.78, 5) is 26.8. The molecule has 1 aromatic heterocycles. The normalized spacial score (nSPS) is 13.1. The molecule has 0 bridgehead atoms. The molecule has 0 spiro atoms. The number of rotatable bonds is 9. The highest BCUT2D eigenvalue weighted by Crippen LogP contribution is 2.38. The lowest BCUT2D eigenvalue weighted by atomic mass is 9.87. The summed E-state index contributed by atoms with van der Waals surface area (Å²) in [5.74, 6) is 0.377. The van der Waals surface area contributed by atoms with Crippen LogP contribution in [0.1, 0.15) is 78.4 Å². The molecule has 1 amide bonds. The monoisotopic (exact) mass is 516 g/mol. The van der Waals surface area contributed by atoms with Crippen molar-refractivity contribution in [3.8, 4) is 5.75 Å². The third kappa shape index (κ3) is 7.04. The van der Waals surface area contributed by atoms with Gasteiger partial charge in [0.15, 0.2) is 5.11 Å². The number of benzene rings is 1. The maximum absolute atomic E-state index is 13.0. The van der Waals surface area contributed by atoms with Crippen LogP contribution in [0.15, 0.2) is 18.2 Å². The quantitative estimate of drug-likeness (QED) is 0.238. The number of fused-ring (bicyclic) bond motifs is 1. The number of amides is 1. The van der Waals surface area contributed by atoms with Crippen molar-refractivity contribution in [3.05, 3.63) is 45.3 Å². The smallest absolute Gasteiger partial charge is 0.341 e. The molecule has 0 radical (unpaired) electrons. The van der Waals surface area contributed by atoms with Crippen LogP contribution < -0.4 is 15.4 Å². The molecular weight excluding hydrogens is 480 g/mol. The van der Waals surface area contributed by atoms with Gasteiger partial charge in [-0.25, -0.2) is 4.79 Å². The fraction of sp³-hybridized carbons (Fsp3) is 0.519. The third-order valence-electron chi connectivity index (χ3n) is 6.27. The van der Waals surface area contributed by atoms with Crippen molar-refractivity contribution in [2.75, 3.05) is 18.5 Å². The number of ether oxygens (including phenoxy) is 2. The molecule has 8 heteroatoms. The van der Waals surface area contributed by atoms with Crippen molar-refractivity contribution < 1.29 is 19.1 Å². The van der Waals surface area contributed by atoms with E-state index >= 15 is 0 Å². The molecule has 0 fully saturated rings. The van der Waals surface area contributed by atoms with E-state index in [1.807, 2.05) is 39.8 Å². The number of thiophene rings is 1. The van der Waals surface area contributed by atoms with Crippen LogP contribution >= 0.6 is 23.6 Å². The Balaban J connectivity index is 1.56. The maximum Gasteiger partial charge on any atom is 0.341 e. The molecule has 2 aromatic rings. The number of carbonyl (C=O) groups excluding carboxylic acids is 2. The lowest BCUT2D eigenvalue weighted by Crippen LogP contribution is -2.42. The Morgan fingerprint density at radius 2 is 1.91 bits per heavy atom. The predicted octanol–water partition coefficient (Wildman–Crippen LogP) is 6.12. The van der Waals surface area contributed by atoms with Gasteiger partial charge in [0.2, 0.25) is 5.91 Å². The summed E-state index contributed by atoms with van der Waals surface area (Å²) >= 11 is 6.97. The van der Waals surface area contributed by atoms with Gasteiger partial charge in [0.1, 0.15) is 10.8 Å². The molecule has 6 nitrogen and oxygen atoms in total. The lowest BCUT2D eigenvalue weighted by molar-refractivity contribution is -0.128. The van der Waals surface area contributed by atoms with Crippen LogP contribution in [-0.4, -0.2) is 30.2 Å². The van der Waals surface area contributed by atoms with Crippen LogP contribution in [0.3, 0.4) is 0 Å². The first-order valence-corrected chi connectivity index (χ1v) is 13.5. The zero-order chi connectivity index (χ0) is 25.6. The zero-order valence-corrected chi connectivity index (χ0v) is 23.0. The van der Waals surface area contributed by atoms with Gasteiger partial charge in [0.25, 0.3) is 0 Å². The van der Waals surface area contributed by atoms with Crippen molar-refractivity contribution >= 4 is 45.5 Å². The number of hydrogen-bond acceptors (Lipinski definition) is 6. The summed E-state index contributed by atoms with van der Waals surface area (Å²) in [6.45, 7) is 10.5. The second kappa shape index (κ2) is 12.0. The Hall–Kier alpha value is -2.45. The Kier molecular flexibility index (Phi) is 9.30. The van der Waals surface area contributed by atoms with E-state index in [2.05, 4.69) is 16.7 Å². The molecule has 1 aliphatic carbocycles. The number of esters is 1. The summed E-state index contributed by atoms with van der Waals surface area (Å²) < 4.78 is 11.2. The Morgan fingerprint density at radius 3 is 2.66 bits per heavy atom. The number of thiocarbonyl (C=S) groups is 1. The van der Waals surface area contributed by atoms with Gasteiger partial charge in [-0.2, -0.15) is 0 Å². The number of anilines is 1. The minimum atomic E-state index is -0.630. The molecule has 190 valence electrons. The molecule has 2 N–H and O–H groups in total. The highest BCUT2D eigenvalue weighted by Gasteiger charge is 2.30. The SMILES string of the molecule is CCOC(=O)c1c(NC(=S)NC(=O)C(C)(C)CCCOc2cc(C)ccc2C)sc2c1CCCC2. The molecule has 0 aliphatic heterocycles. The summed E-state index contributed by atoms with van der Waals surface area (Å²) in [6, 6.07) is 6.14. The van der Waals surface area contributed by atoms with Crippen LogP contribution in [0.4, 0.5) is 5.00 Å². The van der Waals surface area contributed by atoms with E-state index in [0.717, 1.165) is 54.5 Å². The van der Waals surface area contributed by atoms with E-state index in [-0.39, 0.29) is 17.0 Å². The van der Waals surface area contributed by atoms with Gasteiger partial charge in [0.05, 0.1) is 18.8 Å². The van der Waals surface area contributed by atoms with Gasteiger partial charge < -0.3 is 20.1 Å². The second-order valence-corrected chi connectivity index (χ2v) is 11.2. The molecule has 1 heterocycles. The highest BCUT2D eigenvalue weighted by atomic mass is 32.1. The Morgan fingerprint density at radius 1 is 1.17 bits per heavy atom. The van der Waals surface area contributed by atoms with Crippen LogP contribution in [0.25, 0.3) is 0 Å². The van der Waals surface area contributed by atoms with E-state index in [0.29, 0.717) is 30.2 Å². The van der Waals surface area contributed by atoms with Gasteiger partial charge in [-0.1, -0.05) is 26.0 Å². The molecular formula is C27H36N2O4S2. The number of hydrogen-bond donors (Lipinski definition) is 2. The van der Waals surface area contributed by atoms with E-state index in [4.69, 9.17) is 21.7 Å². The van der Waals surface area contributed by atoms with Crippen LogP contribution in [0, 0.1) is 19.3 Å². The van der Waals surface area contributed by atoms with Gasteiger partial charge >= 0.3 is 5.97 Å². The second-order valence-electron chi connectivity index (χ2n) is 9.65. The number of nitrogens with one attached hydrogen (secondary N) is 2. The summed E-state index contributed by atoms with van der Waals surface area (Å²) in [6.07, 6.45) is 5.35. The van der Waals surface area contributed by atoms with Crippen LogP contribution in [-0.2, 0) is 22.4 Å². The van der Waals surface area contributed by atoms with Crippen molar-refractivity contribution in [3.63, 3.8) is 0 Å². The van der Waals surface area contributed by atoms with Crippen molar-refractivity contribution in [2.24, 2.45) is 5.41 Å². The van der Waals surface area contributed by atoms with Gasteiger partial charge in [-0.3, -0.25) is 4.79 Å². The van der Waals surface area contributed by atoms with Gasteiger partial charge in [0, 0.05) is 10.3 Å². The predicted molar refractivity (Wildman–Crippen MR) is 146 cm³/mol. The van der Waals surface area contributed by atoms with Gasteiger partial charge in [-0.15, -0.1) is 11.3 Å². The van der Waals surface area contributed by atoms with E-state index in [9.17, 15) is 9.59 Å². The first-order chi connectivity index (χ1) is 16.6. The summed E-state index contributed by atoms with van der Waals surface area (Å²) in [5.41, 5.74) is 3.24. The average molecular weight is 517 g/mol. The molecule has 0 saturated heterocycles. The molecule has 0 atom stereocenters. The average Bonchev–Trinajstić information content (AvgIpc) is 3.16. The van der Waals surface area contributed by atoms with Crippen LogP contribution in [0.5, 0.6) is 5.75 Å². The molecule has 1 aliphatic rings. The molecule has 35 heavy (non-hydrogen) atoms. The first kappa shape index (κ1) is 27.1. The minimum Gasteiger partial charge on any atom is -0.493 e. The number of carbonyl (C=O) groups is 2. The topological polar surface area (TPSA) is 76.7 Å². The van der Waals surface area contributed by atoms with E-state index in [1.54, 1.807) is 6.92 Å². The molecule has 0 unspecified atom stereocenters. The summed E-state index contributed by atoms with van der Waals surface area (Å²) in [5, 5.41) is 6.77. The summed E-state index contributed by atoms with van der Waals surface area (Å²) in [7, 11) is 0. The third-order valence-corrected chi connectivity index (χ3v) is 7.68. The largest absolute Gasteiger partial charge is 0.493 e. The highest BCUT2D eigenvalue weighted by molar-refractivity contribution is 7.80. The maximum atomic E-state index is 13.0. The Labute approximate surface area is 217 Å². The fourth-order valence-corrected chi connectivity index (χ4v) is 5.69. The minimum absolute atomic E-state index is 0.166. The molecule has 3 rings (SSSR count). The molecule has 0 saturated carbocycles. The lowest BCUT2D eigenvalue weighted by Gasteiger charge is -2.24. The Bertz CT molecular complexity index is 1090. The van der Waals surface area contributed by atoms with E-state index in [1.165, 1.54) is 16.2 Å². The van der Waals surface area contributed by atoms with Gasteiger partial charge in [-0.05, 0) is 94.3 Å². The van der Waals surface area contributed by atoms with Crippen LogP contribution in [0.2, 0.25) is 0 Å². The van der Waals surface area contributed by atoms with Crippen molar-refractivity contribution in [2.45, 2.75) is 73.1 Å². The fourth-order valence-electron chi connectivity index (χ4n) is 4.15. The first-order valence-electron chi connectivity index (χ1n) is 12.3. The van der Waals surface area contributed by atoms with Crippen molar-refractivity contribution in [1.82, 2.24) is 5.32 Å². The van der Waals surface area contributed by atoms with Crippen molar-refractivity contribution in [1.29, 1.82) is 0 Å². The molecule has 1 aromatic carbocycles.